The van der Waals surface area contributed by atoms with E-state index in [0.29, 0.717) is 5.15 Å². The van der Waals surface area contributed by atoms with E-state index in [9.17, 15) is 0 Å². The van der Waals surface area contributed by atoms with Crippen LogP contribution in [0.2, 0.25) is 5.15 Å². The summed E-state index contributed by atoms with van der Waals surface area (Å²) in [7, 11) is 0. The summed E-state index contributed by atoms with van der Waals surface area (Å²) in [4.78, 5) is 4.32. The molecule has 0 atom stereocenters. The van der Waals surface area contributed by atoms with Crippen LogP contribution in [0.1, 0.15) is 6.92 Å². The molecule has 0 fully saturated rings. The van der Waals surface area contributed by atoms with Crippen LogP contribution in [0, 0.1) is 0 Å². The Balaban J connectivity index is 2.59. The highest BCUT2D eigenvalue weighted by atomic mass is 79.9. The minimum Gasteiger partial charge on any atom is -0.315 e. The van der Waals surface area contributed by atoms with E-state index in [1.54, 1.807) is 6.20 Å². The summed E-state index contributed by atoms with van der Waals surface area (Å²) < 4.78 is 3.00. The Hall–Kier alpha value is -0.800. The van der Waals surface area contributed by atoms with E-state index in [2.05, 4.69) is 20.9 Å². The Morgan fingerprint density at radius 3 is 2.80 bits per heavy atom. The fourth-order valence-electron chi connectivity index (χ4n) is 1.51. The first kappa shape index (κ1) is 10.7. The van der Waals surface area contributed by atoms with Gasteiger partial charge >= 0.3 is 0 Å². The fourth-order valence-corrected chi connectivity index (χ4v) is 2.22. The number of hydrogen-bond donors (Lipinski definition) is 0. The van der Waals surface area contributed by atoms with Crippen molar-refractivity contribution in [1.29, 1.82) is 0 Å². The number of aromatic nitrogens is 2. The van der Waals surface area contributed by atoms with Crippen molar-refractivity contribution in [2.24, 2.45) is 0 Å². The molecule has 0 aliphatic carbocycles. The first-order chi connectivity index (χ1) is 7.24. The summed E-state index contributed by atoms with van der Waals surface area (Å²) in [5.41, 5.74) is 1.06. The van der Waals surface area contributed by atoms with Crippen LogP contribution < -0.4 is 0 Å². The summed E-state index contributed by atoms with van der Waals surface area (Å²) >= 11 is 9.54. The van der Waals surface area contributed by atoms with Gasteiger partial charge in [-0.25, -0.2) is 4.98 Å². The van der Waals surface area contributed by atoms with Gasteiger partial charge in [-0.1, -0.05) is 45.7 Å². The van der Waals surface area contributed by atoms with Crippen LogP contribution in [0.5, 0.6) is 0 Å². The largest absolute Gasteiger partial charge is 0.315 e. The molecule has 0 radical (unpaired) electrons. The molecule has 0 saturated carbocycles. The molecule has 0 aliphatic rings. The lowest BCUT2D eigenvalue weighted by molar-refractivity contribution is 0.771. The van der Waals surface area contributed by atoms with Crippen LogP contribution in [0.4, 0.5) is 0 Å². The Labute approximate surface area is 102 Å². The lowest BCUT2D eigenvalue weighted by Crippen LogP contribution is -1.97. The second-order valence-electron chi connectivity index (χ2n) is 3.13. The number of nitrogens with zero attached hydrogens (tertiary/aromatic N) is 2. The van der Waals surface area contributed by atoms with Crippen molar-refractivity contribution in [3.63, 3.8) is 0 Å². The second-order valence-corrected chi connectivity index (χ2v) is 4.37. The number of halogens is 2. The maximum absolute atomic E-state index is 6.03. The van der Waals surface area contributed by atoms with Gasteiger partial charge in [0.1, 0.15) is 11.0 Å². The number of imidazole rings is 1. The van der Waals surface area contributed by atoms with Crippen LogP contribution in [0.3, 0.4) is 0 Å². The van der Waals surface area contributed by atoms with Gasteiger partial charge in [0.25, 0.3) is 0 Å². The van der Waals surface area contributed by atoms with Crippen LogP contribution in [0.25, 0.3) is 11.4 Å². The first-order valence-corrected chi connectivity index (χ1v) is 5.87. The normalized spacial score (nSPS) is 10.6. The zero-order valence-corrected chi connectivity index (χ0v) is 10.6. The van der Waals surface area contributed by atoms with Gasteiger partial charge in [-0.15, -0.1) is 0 Å². The quantitative estimate of drug-likeness (QED) is 0.816. The maximum Gasteiger partial charge on any atom is 0.142 e. The van der Waals surface area contributed by atoms with Gasteiger partial charge in [-0.2, -0.15) is 0 Å². The number of rotatable bonds is 2. The summed E-state index contributed by atoms with van der Waals surface area (Å²) in [6.07, 6.45) is 1.68. The van der Waals surface area contributed by atoms with E-state index in [1.807, 2.05) is 35.8 Å². The molecule has 1 aromatic carbocycles. The molecular formula is C11H10BrClN2. The molecule has 78 valence electrons. The predicted octanol–water partition coefficient (Wildman–Crippen LogP) is 3.99. The molecule has 4 heteroatoms. The minimum absolute atomic E-state index is 0.670. The Kier molecular flexibility index (Phi) is 3.12. The van der Waals surface area contributed by atoms with Crippen LogP contribution >= 0.6 is 27.5 Å². The Morgan fingerprint density at radius 2 is 2.13 bits per heavy atom. The van der Waals surface area contributed by atoms with Crippen molar-refractivity contribution in [3.05, 3.63) is 40.1 Å². The molecule has 15 heavy (non-hydrogen) atoms. The van der Waals surface area contributed by atoms with Crippen LogP contribution in [-0.2, 0) is 6.54 Å². The average molecular weight is 286 g/mol. The molecule has 0 spiro atoms. The summed E-state index contributed by atoms with van der Waals surface area (Å²) in [6, 6.07) is 7.99. The van der Waals surface area contributed by atoms with Crippen molar-refractivity contribution in [2.45, 2.75) is 13.5 Å². The molecule has 1 aromatic heterocycles. The third kappa shape index (κ3) is 1.94. The minimum atomic E-state index is 0.670. The van der Waals surface area contributed by atoms with Crippen molar-refractivity contribution >= 4 is 27.5 Å². The van der Waals surface area contributed by atoms with E-state index < -0.39 is 0 Å². The van der Waals surface area contributed by atoms with Crippen molar-refractivity contribution in [2.75, 3.05) is 0 Å². The molecule has 2 nitrogen and oxygen atoms in total. The maximum atomic E-state index is 6.03. The lowest BCUT2D eigenvalue weighted by Gasteiger charge is -2.07. The van der Waals surface area contributed by atoms with Gasteiger partial charge in [0, 0.05) is 16.6 Å². The van der Waals surface area contributed by atoms with E-state index in [1.165, 1.54) is 0 Å². The van der Waals surface area contributed by atoms with E-state index in [-0.39, 0.29) is 0 Å². The van der Waals surface area contributed by atoms with Gasteiger partial charge in [-0.05, 0) is 13.0 Å². The molecule has 0 unspecified atom stereocenters. The highest BCUT2D eigenvalue weighted by molar-refractivity contribution is 9.10. The second kappa shape index (κ2) is 4.37. The summed E-state index contributed by atoms with van der Waals surface area (Å²) in [5.74, 6) is 0.898. The third-order valence-corrected chi connectivity index (χ3v) is 3.23. The number of benzene rings is 1. The highest BCUT2D eigenvalue weighted by Gasteiger charge is 2.10. The van der Waals surface area contributed by atoms with E-state index >= 15 is 0 Å². The SMILES string of the molecule is CCn1c(Cl)cnc1-c1ccccc1Br. The lowest BCUT2D eigenvalue weighted by atomic mass is 10.2. The molecule has 0 saturated heterocycles. The first-order valence-electron chi connectivity index (χ1n) is 4.70. The Bertz CT molecular complexity index is 479. The zero-order valence-electron chi connectivity index (χ0n) is 8.24. The smallest absolute Gasteiger partial charge is 0.142 e. The molecule has 0 amide bonds. The van der Waals surface area contributed by atoms with Crippen molar-refractivity contribution in [3.8, 4) is 11.4 Å². The van der Waals surface area contributed by atoms with Gasteiger partial charge in [0.2, 0.25) is 0 Å². The van der Waals surface area contributed by atoms with E-state index in [0.717, 1.165) is 22.4 Å². The van der Waals surface area contributed by atoms with Gasteiger partial charge in [0.15, 0.2) is 0 Å². The van der Waals surface area contributed by atoms with Crippen LogP contribution in [0.15, 0.2) is 34.9 Å². The molecule has 2 rings (SSSR count). The van der Waals surface area contributed by atoms with E-state index in [4.69, 9.17) is 11.6 Å². The van der Waals surface area contributed by atoms with Gasteiger partial charge in [-0.3, -0.25) is 0 Å². The molecule has 0 aliphatic heterocycles. The fraction of sp³-hybridized carbons (Fsp3) is 0.182. The Morgan fingerprint density at radius 1 is 1.40 bits per heavy atom. The highest BCUT2D eigenvalue weighted by Crippen LogP contribution is 2.28. The molecule has 1 heterocycles. The monoisotopic (exact) mass is 284 g/mol. The topological polar surface area (TPSA) is 17.8 Å². The standard InChI is InChI=1S/C11H10BrClN2/c1-2-15-10(13)7-14-11(15)8-5-3-4-6-9(8)12/h3-7H,2H2,1H3. The zero-order chi connectivity index (χ0) is 10.8. The van der Waals surface area contributed by atoms with Crippen molar-refractivity contribution in [1.82, 2.24) is 9.55 Å². The van der Waals surface area contributed by atoms with Crippen molar-refractivity contribution < 1.29 is 0 Å². The van der Waals surface area contributed by atoms with Gasteiger partial charge in [0.05, 0.1) is 6.20 Å². The van der Waals surface area contributed by atoms with Crippen LogP contribution in [-0.4, -0.2) is 9.55 Å². The number of hydrogen-bond acceptors (Lipinski definition) is 1. The third-order valence-electron chi connectivity index (χ3n) is 2.24. The molecule has 0 N–H and O–H groups in total. The van der Waals surface area contributed by atoms with Gasteiger partial charge < -0.3 is 4.57 Å². The summed E-state index contributed by atoms with van der Waals surface area (Å²) in [6.45, 7) is 2.86. The average Bonchev–Trinajstić information content (AvgIpc) is 2.60. The molecular weight excluding hydrogens is 275 g/mol. The predicted molar refractivity (Wildman–Crippen MR) is 66.0 cm³/mol. The summed E-state index contributed by atoms with van der Waals surface area (Å²) in [5, 5.41) is 0.670. The molecule has 0 bridgehead atoms. The molecule has 2 aromatic rings.